The number of rotatable bonds is 0. The number of ether oxygens (including phenoxy) is 1. The zero-order valence-electron chi connectivity index (χ0n) is 7.48. The van der Waals surface area contributed by atoms with Crippen LogP contribution in [0, 0.1) is 11.8 Å². The zero-order valence-corrected chi connectivity index (χ0v) is 7.48. The van der Waals surface area contributed by atoms with E-state index in [1.807, 2.05) is 0 Å². The molecule has 60 valence electrons. The molecule has 0 saturated carbocycles. The first kappa shape index (κ1) is 8.06. The third kappa shape index (κ3) is 1.34. The summed E-state index contributed by atoms with van der Waals surface area (Å²) < 4.78 is 5.65. The zero-order chi connectivity index (χ0) is 7.78. The second-order valence-electron chi connectivity index (χ2n) is 4.01. The van der Waals surface area contributed by atoms with Gasteiger partial charge in [0.15, 0.2) is 0 Å². The summed E-state index contributed by atoms with van der Waals surface area (Å²) in [5.74, 6) is 1.52. The van der Waals surface area contributed by atoms with Crippen molar-refractivity contribution < 1.29 is 4.74 Å². The van der Waals surface area contributed by atoms with Crippen LogP contribution < -0.4 is 0 Å². The topological polar surface area (TPSA) is 9.23 Å². The molecule has 1 heteroatoms. The van der Waals surface area contributed by atoms with E-state index in [0.717, 1.165) is 12.5 Å². The monoisotopic (exact) mass is 142 g/mol. The number of hydrogen-bond donors (Lipinski definition) is 0. The fourth-order valence-corrected chi connectivity index (χ4v) is 1.57. The predicted molar refractivity (Wildman–Crippen MR) is 43.0 cm³/mol. The van der Waals surface area contributed by atoms with Crippen molar-refractivity contribution in [2.24, 2.45) is 11.8 Å². The molecule has 0 aliphatic carbocycles. The summed E-state index contributed by atoms with van der Waals surface area (Å²) in [6, 6.07) is 0. The van der Waals surface area contributed by atoms with Gasteiger partial charge in [0.05, 0.1) is 5.60 Å². The van der Waals surface area contributed by atoms with E-state index in [-0.39, 0.29) is 5.60 Å². The van der Waals surface area contributed by atoms with Crippen LogP contribution in [0.3, 0.4) is 0 Å². The lowest BCUT2D eigenvalue weighted by atomic mass is 9.79. The van der Waals surface area contributed by atoms with Crippen molar-refractivity contribution in [2.45, 2.75) is 39.7 Å². The van der Waals surface area contributed by atoms with Gasteiger partial charge in [0.1, 0.15) is 0 Å². The summed E-state index contributed by atoms with van der Waals surface area (Å²) in [7, 11) is 0. The largest absolute Gasteiger partial charge is 0.375 e. The Morgan fingerprint density at radius 3 is 2.30 bits per heavy atom. The lowest BCUT2D eigenvalue weighted by Gasteiger charge is -2.40. The molecule has 1 rings (SSSR count). The van der Waals surface area contributed by atoms with E-state index in [1.165, 1.54) is 6.42 Å². The van der Waals surface area contributed by atoms with Gasteiger partial charge in [-0.05, 0) is 32.1 Å². The van der Waals surface area contributed by atoms with Crippen molar-refractivity contribution >= 4 is 0 Å². The Kier molecular flexibility index (Phi) is 2.04. The van der Waals surface area contributed by atoms with Gasteiger partial charge < -0.3 is 4.74 Å². The average Bonchev–Trinajstić information content (AvgIpc) is 1.83. The van der Waals surface area contributed by atoms with Crippen molar-refractivity contribution in [1.82, 2.24) is 0 Å². The highest BCUT2D eigenvalue weighted by atomic mass is 16.5. The van der Waals surface area contributed by atoms with Crippen molar-refractivity contribution in [1.29, 1.82) is 0 Å². The van der Waals surface area contributed by atoms with Crippen LogP contribution in [0.4, 0.5) is 0 Å². The summed E-state index contributed by atoms with van der Waals surface area (Å²) in [5, 5.41) is 0. The van der Waals surface area contributed by atoms with E-state index in [4.69, 9.17) is 4.74 Å². The summed E-state index contributed by atoms with van der Waals surface area (Å²) >= 11 is 0. The third-order valence-electron chi connectivity index (χ3n) is 3.00. The first-order chi connectivity index (χ1) is 4.54. The molecule has 0 aromatic carbocycles. The molecule has 1 fully saturated rings. The fraction of sp³-hybridized carbons (Fsp3) is 1.00. The van der Waals surface area contributed by atoms with Crippen LogP contribution in [-0.2, 0) is 4.74 Å². The first-order valence-electron chi connectivity index (χ1n) is 4.18. The second-order valence-corrected chi connectivity index (χ2v) is 4.01. The van der Waals surface area contributed by atoms with E-state index in [9.17, 15) is 0 Å². The molecular weight excluding hydrogens is 124 g/mol. The quantitative estimate of drug-likeness (QED) is 0.505. The van der Waals surface area contributed by atoms with Gasteiger partial charge in [0.2, 0.25) is 0 Å². The molecule has 10 heavy (non-hydrogen) atoms. The lowest BCUT2D eigenvalue weighted by Crippen LogP contribution is -2.41. The minimum atomic E-state index is 0.109. The molecule has 0 bridgehead atoms. The maximum Gasteiger partial charge on any atom is 0.0654 e. The number of hydrogen-bond acceptors (Lipinski definition) is 1. The fourth-order valence-electron chi connectivity index (χ4n) is 1.57. The molecule has 0 spiro atoms. The van der Waals surface area contributed by atoms with Crippen molar-refractivity contribution in [3.05, 3.63) is 0 Å². The van der Waals surface area contributed by atoms with Crippen LogP contribution in [0.2, 0.25) is 0 Å². The smallest absolute Gasteiger partial charge is 0.0654 e. The van der Waals surface area contributed by atoms with Gasteiger partial charge in [-0.15, -0.1) is 0 Å². The summed E-state index contributed by atoms with van der Waals surface area (Å²) in [4.78, 5) is 0. The maximum absolute atomic E-state index is 5.65. The van der Waals surface area contributed by atoms with Crippen LogP contribution in [0.1, 0.15) is 34.1 Å². The molecule has 0 N–H and O–H groups in total. The van der Waals surface area contributed by atoms with Crippen molar-refractivity contribution in [3.8, 4) is 0 Å². The van der Waals surface area contributed by atoms with Crippen LogP contribution in [0.25, 0.3) is 0 Å². The van der Waals surface area contributed by atoms with Crippen molar-refractivity contribution in [2.75, 3.05) is 6.61 Å². The molecule has 1 heterocycles. The Morgan fingerprint density at radius 1 is 1.30 bits per heavy atom. The normalized spacial score (nSPS) is 39.6. The first-order valence-corrected chi connectivity index (χ1v) is 4.18. The highest BCUT2D eigenvalue weighted by molar-refractivity contribution is 4.83. The Balaban J connectivity index is 2.60. The summed E-state index contributed by atoms with van der Waals surface area (Å²) in [5.41, 5.74) is 0.109. The Bertz CT molecular complexity index is 118. The average molecular weight is 142 g/mol. The van der Waals surface area contributed by atoms with Gasteiger partial charge in [-0.2, -0.15) is 0 Å². The predicted octanol–water partition coefficient (Wildman–Crippen LogP) is 2.46. The molecule has 1 aliphatic rings. The highest BCUT2D eigenvalue weighted by Gasteiger charge is 2.34. The molecule has 2 unspecified atom stereocenters. The molecule has 1 saturated heterocycles. The molecule has 0 aromatic rings. The third-order valence-corrected chi connectivity index (χ3v) is 3.00. The van der Waals surface area contributed by atoms with E-state index in [2.05, 4.69) is 27.7 Å². The SMILES string of the molecule is CC1CCOC(C)(C)C1C. The molecule has 0 amide bonds. The van der Waals surface area contributed by atoms with Crippen LogP contribution in [0.15, 0.2) is 0 Å². The Hall–Kier alpha value is -0.0400. The maximum atomic E-state index is 5.65. The van der Waals surface area contributed by atoms with E-state index < -0.39 is 0 Å². The minimum absolute atomic E-state index is 0.109. The minimum Gasteiger partial charge on any atom is -0.375 e. The van der Waals surface area contributed by atoms with E-state index >= 15 is 0 Å². The summed E-state index contributed by atoms with van der Waals surface area (Å²) in [6.45, 7) is 9.91. The van der Waals surface area contributed by atoms with E-state index in [1.54, 1.807) is 0 Å². The molecule has 0 radical (unpaired) electrons. The van der Waals surface area contributed by atoms with Gasteiger partial charge in [0.25, 0.3) is 0 Å². The van der Waals surface area contributed by atoms with Crippen molar-refractivity contribution in [3.63, 3.8) is 0 Å². The van der Waals surface area contributed by atoms with Gasteiger partial charge in [0, 0.05) is 6.61 Å². The van der Waals surface area contributed by atoms with Crippen LogP contribution in [-0.4, -0.2) is 12.2 Å². The molecule has 1 nitrogen and oxygen atoms in total. The molecule has 0 aromatic heterocycles. The van der Waals surface area contributed by atoms with E-state index in [0.29, 0.717) is 5.92 Å². The second kappa shape index (κ2) is 2.54. The molecule has 1 aliphatic heterocycles. The van der Waals surface area contributed by atoms with Gasteiger partial charge in [-0.3, -0.25) is 0 Å². The van der Waals surface area contributed by atoms with Gasteiger partial charge >= 0.3 is 0 Å². The van der Waals surface area contributed by atoms with Gasteiger partial charge in [-0.25, -0.2) is 0 Å². The molecule has 2 atom stereocenters. The lowest BCUT2D eigenvalue weighted by molar-refractivity contribution is -0.109. The summed E-state index contributed by atoms with van der Waals surface area (Å²) in [6.07, 6.45) is 1.23. The van der Waals surface area contributed by atoms with Crippen LogP contribution >= 0.6 is 0 Å². The van der Waals surface area contributed by atoms with Gasteiger partial charge in [-0.1, -0.05) is 13.8 Å². The Morgan fingerprint density at radius 2 is 1.90 bits per heavy atom. The highest BCUT2D eigenvalue weighted by Crippen LogP contribution is 2.33. The molecular formula is C9H18O. The standard InChI is InChI=1S/C9H18O/c1-7-5-6-10-9(3,4)8(7)2/h7-8H,5-6H2,1-4H3. The Labute approximate surface area is 63.8 Å². The van der Waals surface area contributed by atoms with Crippen LogP contribution in [0.5, 0.6) is 0 Å².